The molecular weight excluding hydrogens is 222 g/mol. The maximum atomic E-state index is 12.9. The van der Waals surface area contributed by atoms with Gasteiger partial charge in [-0.1, -0.05) is 0 Å². The fourth-order valence-electron chi connectivity index (χ4n) is 0.949. The summed E-state index contributed by atoms with van der Waals surface area (Å²) in [5, 5.41) is 0. The maximum Gasteiger partial charge on any atom is 0.416 e. The summed E-state index contributed by atoms with van der Waals surface area (Å²) in [5.74, 6) is -1.36. The van der Waals surface area contributed by atoms with Crippen molar-refractivity contribution in [2.24, 2.45) is 0 Å². The first kappa shape index (κ1) is 11.1. The van der Waals surface area contributed by atoms with E-state index in [9.17, 15) is 17.6 Å². The van der Waals surface area contributed by atoms with Crippen LogP contribution in [0, 0.1) is 5.82 Å². The summed E-state index contributed by atoms with van der Waals surface area (Å²) >= 11 is 5.31. The predicted octanol–water partition coefficient (Wildman–Crippen LogP) is 3.17. The van der Waals surface area contributed by atoms with Crippen LogP contribution in [0.3, 0.4) is 0 Å². The molecule has 2 N–H and O–H groups in total. The third-order valence-electron chi connectivity index (χ3n) is 1.69. The van der Waals surface area contributed by atoms with Crippen molar-refractivity contribution in [2.75, 3.05) is 5.73 Å². The molecule has 0 unspecified atom stereocenters. The Morgan fingerprint density at radius 1 is 1.29 bits per heavy atom. The van der Waals surface area contributed by atoms with Crippen molar-refractivity contribution in [3.63, 3.8) is 0 Å². The molecule has 6 heteroatoms. The van der Waals surface area contributed by atoms with E-state index in [0.29, 0.717) is 6.07 Å². The molecule has 0 bridgehead atoms. The largest absolute Gasteiger partial charge is 0.416 e. The van der Waals surface area contributed by atoms with Gasteiger partial charge in [-0.3, -0.25) is 0 Å². The van der Waals surface area contributed by atoms with E-state index in [1.807, 2.05) is 0 Å². The second kappa shape index (κ2) is 3.65. The molecule has 0 aliphatic heterocycles. The highest BCUT2D eigenvalue weighted by Crippen LogP contribution is 2.33. The molecule has 0 heterocycles. The Morgan fingerprint density at radius 2 is 1.86 bits per heavy atom. The zero-order chi connectivity index (χ0) is 10.9. The number of nitrogens with two attached hydrogens (primary N) is 1. The van der Waals surface area contributed by atoms with E-state index in [0.717, 1.165) is 6.07 Å². The second-order valence-electron chi connectivity index (χ2n) is 2.66. The molecule has 78 valence electrons. The van der Waals surface area contributed by atoms with Crippen LogP contribution in [0.1, 0.15) is 11.1 Å². The quantitative estimate of drug-likeness (QED) is 0.445. The summed E-state index contributed by atoms with van der Waals surface area (Å²) < 4.78 is 49.4. The van der Waals surface area contributed by atoms with Gasteiger partial charge in [0.25, 0.3) is 0 Å². The van der Waals surface area contributed by atoms with E-state index in [1.165, 1.54) is 0 Å². The summed E-state index contributed by atoms with van der Waals surface area (Å²) in [7, 11) is 0. The van der Waals surface area contributed by atoms with E-state index < -0.39 is 17.6 Å². The van der Waals surface area contributed by atoms with Gasteiger partial charge in [-0.15, -0.1) is 11.6 Å². The van der Waals surface area contributed by atoms with Crippen LogP contribution in [-0.2, 0) is 12.1 Å². The molecule has 0 atom stereocenters. The first-order chi connectivity index (χ1) is 6.36. The van der Waals surface area contributed by atoms with Gasteiger partial charge in [0.05, 0.1) is 11.3 Å². The highest BCUT2D eigenvalue weighted by molar-refractivity contribution is 6.17. The average molecular weight is 228 g/mol. The lowest BCUT2D eigenvalue weighted by Gasteiger charge is -2.10. The molecule has 0 aliphatic rings. The van der Waals surface area contributed by atoms with Crippen LogP contribution < -0.4 is 5.73 Å². The summed E-state index contributed by atoms with van der Waals surface area (Å²) in [6.07, 6.45) is -4.59. The highest BCUT2D eigenvalue weighted by Gasteiger charge is 2.31. The van der Waals surface area contributed by atoms with Crippen LogP contribution in [0.15, 0.2) is 12.1 Å². The molecule has 0 aromatic heterocycles. The Labute approximate surface area is 82.5 Å². The van der Waals surface area contributed by atoms with Crippen molar-refractivity contribution < 1.29 is 17.6 Å². The van der Waals surface area contributed by atoms with Gasteiger partial charge >= 0.3 is 6.18 Å². The number of nitrogen functional groups attached to an aromatic ring is 1. The normalized spacial score (nSPS) is 11.8. The van der Waals surface area contributed by atoms with Crippen molar-refractivity contribution in [3.8, 4) is 0 Å². The Hall–Kier alpha value is -0.970. The van der Waals surface area contributed by atoms with Crippen LogP contribution in [0.4, 0.5) is 23.2 Å². The number of benzene rings is 1. The maximum absolute atomic E-state index is 12.9. The lowest BCUT2D eigenvalue weighted by molar-refractivity contribution is -0.137. The molecule has 0 radical (unpaired) electrons. The molecule has 1 aromatic rings. The number of hydrogen-bond donors (Lipinski definition) is 1. The van der Waals surface area contributed by atoms with Crippen LogP contribution in [0.5, 0.6) is 0 Å². The summed E-state index contributed by atoms with van der Waals surface area (Å²) in [5.41, 5.74) is 3.70. The van der Waals surface area contributed by atoms with Gasteiger partial charge in [0.2, 0.25) is 0 Å². The van der Waals surface area contributed by atoms with Gasteiger partial charge in [0, 0.05) is 5.88 Å². The first-order valence-electron chi connectivity index (χ1n) is 3.57. The van der Waals surface area contributed by atoms with E-state index >= 15 is 0 Å². The predicted molar refractivity (Wildman–Crippen MR) is 45.4 cm³/mol. The number of halogens is 5. The molecular formula is C8H6ClF4N. The van der Waals surface area contributed by atoms with Crippen molar-refractivity contribution in [1.29, 1.82) is 0 Å². The standard InChI is InChI=1S/C8H6ClF4N/c9-3-4-1-5(8(11,12)13)2-6(10)7(4)14/h1-2H,3,14H2. The third-order valence-corrected chi connectivity index (χ3v) is 1.97. The summed E-state index contributed by atoms with van der Waals surface area (Å²) in [4.78, 5) is 0. The minimum atomic E-state index is -4.59. The number of rotatable bonds is 1. The monoisotopic (exact) mass is 227 g/mol. The van der Waals surface area contributed by atoms with E-state index in [2.05, 4.69) is 0 Å². The van der Waals surface area contributed by atoms with E-state index in [-0.39, 0.29) is 17.1 Å². The Balaban J connectivity index is 3.30. The van der Waals surface area contributed by atoms with E-state index in [1.54, 1.807) is 0 Å². The van der Waals surface area contributed by atoms with Crippen LogP contribution in [-0.4, -0.2) is 0 Å². The molecule has 1 nitrogen and oxygen atoms in total. The SMILES string of the molecule is Nc1c(F)cc(C(F)(F)F)cc1CCl. The number of hydrogen-bond acceptors (Lipinski definition) is 1. The van der Waals surface area contributed by atoms with Crippen LogP contribution in [0.25, 0.3) is 0 Å². The fourth-order valence-corrected chi connectivity index (χ4v) is 1.17. The minimum absolute atomic E-state index is 0.0565. The summed E-state index contributed by atoms with van der Waals surface area (Å²) in [6, 6.07) is 1.09. The van der Waals surface area contributed by atoms with Gasteiger partial charge < -0.3 is 5.73 Å². The molecule has 14 heavy (non-hydrogen) atoms. The smallest absolute Gasteiger partial charge is 0.396 e. The average Bonchev–Trinajstić information content (AvgIpc) is 2.07. The van der Waals surface area contributed by atoms with Gasteiger partial charge in [0.15, 0.2) is 0 Å². The van der Waals surface area contributed by atoms with Gasteiger partial charge in [-0.05, 0) is 17.7 Å². The zero-order valence-corrected chi connectivity index (χ0v) is 7.58. The molecule has 0 spiro atoms. The van der Waals surface area contributed by atoms with Crippen LogP contribution in [0.2, 0.25) is 0 Å². The lowest BCUT2D eigenvalue weighted by Crippen LogP contribution is -2.08. The Kier molecular flexibility index (Phi) is 2.89. The molecule has 1 rings (SSSR count). The summed E-state index contributed by atoms with van der Waals surface area (Å²) in [6.45, 7) is 0. The molecule has 1 aromatic carbocycles. The molecule has 0 fully saturated rings. The number of anilines is 1. The first-order valence-corrected chi connectivity index (χ1v) is 4.10. The Bertz CT molecular complexity index is 348. The van der Waals surface area contributed by atoms with E-state index in [4.69, 9.17) is 17.3 Å². The third kappa shape index (κ3) is 2.09. The molecule has 0 amide bonds. The lowest BCUT2D eigenvalue weighted by atomic mass is 10.1. The van der Waals surface area contributed by atoms with Gasteiger partial charge in [-0.2, -0.15) is 13.2 Å². The van der Waals surface area contributed by atoms with Crippen molar-refractivity contribution in [2.45, 2.75) is 12.1 Å². The topological polar surface area (TPSA) is 26.0 Å². The van der Waals surface area contributed by atoms with Gasteiger partial charge in [-0.25, -0.2) is 4.39 Å². The number of alkyl halides is 4. The van der Waals surface area contributed by atoms with Crippen molar-refractivity contribution in [1.82, 2.24) is 0 Å². The van der Waals surface area contributed by atoms with Gasteiger partial charge in [0.1, 0.15) is 5.82 Å². The van der Waals surface area contributed by atoms with Crippen LogP contribution >= 0.6 is 11.6 Å². The molecule has 0 saturated carbocycles. The Morgan fingerprint density at radius 3 is 2.29 bits per heavy atom. The van der Waals surface area contributed by atoms with Crippen molar-refractivity contribution >= 4 is 17.3 Å². The zero-order valence-electron chi connectivity index (χ0n) is 6.83. The highest BCUT2D eigenvalue weighted by atomic mass is 35.5. The van der Waals surface area contributed by atoms with Crippen molar-refractivity contribution in [3.05, 3.63) is 29.1 Å². The second-order valence-corrected chi connectivity index (χ2v) is 2.93. The minimum Gasteiger partial charge on any atom is -0.396 e. The molecule has 0 aliphatic carbocycles. The fraction of sp³-hybridized carbons (Fsp3) is 0.250. The molecule has 0 saturated heterocycles.